The number of sulfone groups is 1. The molecule has 4 aromatic rings. The lowest BCUT2D eigenvalue weighted by atomic mass is 10.2. The SMILES string of the molecule is COc1cccc(OC)c1-n1c(CS(=O)(=O)[C@@H](C)[C@@H](OC)c2cnc(C)cn2)nnc1-c1cccnc1. The number of nitrogens with zero attached hydrogens (tertiary/aromatic N) is 6. The standard InChI is InChI=1S/C25H28N6O5S/c1-16-12-28-19(14-27-16)24(36-5)17(2)37(32,33)15-22-29-30-25(18-8-7-11-26-13-18)31(22)23-20(34-3)9-6-10-21(23)35-4/h6-14,17,24H,15H2,1-5H3/t17-,24+/m0/s1. The van der Waals surface area contributed by atoms with Crippen molar-refractivity contribution in [2.75, 3.05) is 21.3 Å². The van der Waals surface area contributed by atoms with Gasteiger partial charge in [0.1, 0.15) is 29.0 Å². The molecule has 3 heterocycles. The lowest BCUT2D eigenvalue weighted by molar-refractivity contribution is 0.0983. The number of rotatable bonds is 10. The molecule has 0 amide bonds. The van der Waals surface area contributed by atoms with Crippen molar-refractivity contribution in [2.45, 2.75) is 31.0 Å². The average Bonchev–Trinajstić information content (AvgIpc) is 3.32. The molecule has 0 aliphatic heterocycles. The van der Waals surface area contributed by atoms with Crippen LogP contribution in [0, 0.1) is 6.92 Å². The van der Waals surface area contributed by atoms with E-state index in [2.05, 4.69) is 25.1 Å². The van der Waals surface area contributed by atoms with Gasteiger partial charge in [0.05, 0.1) is 37.1 Å². The molecule has 4 rings (SSSR count). The summed E-state index contributed by atoms with van der Waals surface area (Å²) in [6, 6.07) is 8.86. The minimum Gasteiger partial charge on any atom is -0.494 e. The van der Waals surface area contributed by atoms with Crippen molar-refractivity contribution in [3.8, 4) is 28.6 Å². The van der Waals surface area contributed by atoms with Gasteiger partial charge in [-0.2, -0.15) is 0 Å². The van der Waals surface area contributed by atoms with Gasteiger partial charge in [-0.1, -0.05) is 6.07 Å². The third-order valence-electron chi connectivity index (χ3n) is 5.94. The van der Waals surface area contributed by atoms with Gasteiger partial charge in [0.15, 0.2) is 21.5 Å². The predicted molar refractivity (Wildman–Crippen MR) is 136 cm³/mol. The molecule has 11 nitrogen and oxygen atoms in total. The van der Waals surface area contributed by atoms with E-state index in [4.69, 9.17) is 14.2 Å². The minimum atomic E-state index is -3.83. The zero-order valence-electron chi connectivity index (χ0n) is 21.2. The minimum absolute atomic E-state index is 0.179. The van der Waals surface area contributed by atoms with Crippen LogP contribution in [0.2, 0.25) is 0 Å². The highest BCUT2D eigenvalue weighted by Gasteiger charge is 2.34. The number of methoxy groups -OCH3 is 3. The molecule has 0 unspecified atom stereocenters. The van der Waals surface area contributed by atoms with Crippen LogP contribution in [0.4, 0.5) is 0 Å². The first-order chi connectivity index (χ1) is 17.8. The predicted octanol–water partition coefficient (Wildman–Crippen LogP) is 3.14. The highest BCUT2D eigenvalue weighted by molar-refractivity contribution is 7.91. The molecule has 194 valence electrons. The van der Waals surface area contributed by atoms with Crippen molar-refractivity contribution >= 4 is 9.84 Å². The maximum absolute atomic E-state index is 13.7. The molecule has 3 aromatic heterocycles. The molecule has 0 saturated carbocycles. The van der Waals surface area contributed by atoms with E-state index in [0.29, 0.717) is 34.3 Å². The number of pyridine rings is 1. The number of para-hydroxylation sites is 1. The summed E-state index contributed by atoms with van der Waals surface area (Å²) >= 11 is 0. The van der Waals surface area contributed by atoms with Crippen LogP contribution in [0.5, 0.6) is 11.5 Å². The summed E-state index contributed by atoms with van der Waals surface area (Å²) in [6.07, 6.45) is 5.54. The average molecular weight is 525 g/mol. The maximum atomic E-state index is 13.7. The first-order valence-corrected chi connectivity index (χ1v) is 13.1. The van der Waals surface area contributed by atoms with Gasteiger partial charge >= 0.3 is 0 Å². The van der Waals surface area contributed by atoms with Gasteiger partial charge in [-0.25, -0.2) is 8.42 Å². The number of aromatic nitrogens is 6. The van der Waals surface area contributed by atoms with Gasteiger partial charge in [0.2, 0.25) is 0 Å². The molecule has 1 aromatic carbocycles. The van der Waals surface area contributed by atoms with Crippen LogP contribution in [0.1, 0.15) is 30.2 Å². The summed E-state index contributed by atoms with van der Waals surface area (Å²) in [5.74, 6) is 1.06. The Morgan fingerprint density at radius 1 is 0.946 bits per heavy atom. The van der Waals surface area contributed by atoms with Crippen molar-refractivity contribution < 1.29 is 22.6 Å². The van der Waals surface area contributed by atoms with Gasteiger partial charge in [0.25, 0.3) is 0 Å². The second-order valence-corrected chi connectivity index (χ2v) is 10.6. The van der Waals surface area contributed by atoms with Gasteiger partial charge in [-0.3, -0.25) is 19.5 Å². The van der Waals surface area contributed by atoms with E-state index >= 15 is 0 Å². The molecule has 0 aliphatic carbocycles. The molecule has 0 saturated heterocycles. The number of hydrogen-bond donors (Lipinski definition) is 0. The molecular weight excluding hydrogens is 496 g/mol. The largest absolute Gasteiger partial charge is 0.494 e. The van der Waals surface area contributed by atoms with Gasteiger partial charge in [0, 0.05) is 31.3 Å². The maximum Gasteiger partial charge on any atom is 0.170 e. The van der Waals surface area contributed by atoms with Crippen LogP contribution < -0.4 is 9.47 Å². The highest BCUT2D eigenvalue weighted by atomic mass is 32.2. The summed E-state index contributed by atoms with van der Waals surface area (Å²) in [5.41, 5.74) is 2.26. The van der Waals surface area contributed by atoms with Crippen LogP contribution in [-0.2, 0) is 20.3 Å². The summed E-state index contributed by atoms with van der Waals surface area (Å²) in [4.78, 5) is 12.7. The Kier molecular flexibility index (Phi) is 7.79. The van der Waals surface area contributed by atoms with Crippen LogP contribution >= 0.6 is 0 Å². The van der Waals surface area contributed by atoms with E-state index in [9.17, 15) is 8.42 Å². The number of hydrogen-bond acceptors (Lipinski definition) is 10. The molecule has 0 N–H and O–H groups in total. The van der Waals surface area contributed by atoms with Crippen molar-refractivity contribution in [2.24, 2.45) is 0 Å². The fraction of sp³-hybridized carbons (Fsp3) is 0.320. The third kappa shape index (κ3) is 5.30. The Hall–Kier alpha value is -3.90. The molecule has 12 heteroatoms. The topological polar surface area (TPSA) is 131 Å². The Labute approximate surface area is 215 Å². The second kappa shape index (κ2) is 11.0. The molecular formula is C25H28N6O5S. The Balaban J connectivity index is 1.83. The lowest BCUT2D eigenvalue weighted by Crippen LogP contribution is -2.29. The normalized spacial score (nSPS) is 13.2. The quantitative estimate of drug-likeness (QED) is 0.305. The van der Waals surface area contributed by atoms with Crippen LogP contribution in [0.3, 0.4) is 0 Å². The monoisotopic (exact) mass is 524 g/mol. The molecule has 0 spiro atoms. The van der Waals surface area contributed by atoms with Gasteiger partial charge in [-0.15, -0.1) is 10.2 Å². The summed E-state index contributed by atoms with van der Waals surface area (Å²) in [6.45, 7) is 3.38. The molecule has 2 atom stereocenters. The van der Waals surface area contributed by atoms with Crippen LogP contribution in [0.15, 0.2) is 55.1 Å². The van der Waals surface area contributed by atoms with Gasteiger partial charge < -0.3 is 14.2 Å². The summed E-state index contributed by atoms with van der Waals surface area (Å²) < 4.78 is 45.8. The zero-order chi connectivity index (χ0) is 26.6. The van der Waals surface area contributed by atoms with Crippen molar-refractivity contribution in [3.63, 3.8) is 0 Å². The summed E-state index contributed by atoms with van der Waals surface area (Å²) in [5, 5.41) is 7.66. The van der Waals surface area contributed by atoms with Crippen LogP contribution in [-0.4, -0.2) is 64.7 Å². The van der Waals surface area contributed by atoms with Crippen molar-refractivity contribution in [3.05, 3.63) is 72.3 Å². The second-order valence-electron chi connectivity index (χ2n) is 8.28. The van der Waals surface area contributed by atoms with E-state index < -0.39 is 26.9 Å². The van der Waals surface area contributed by atoms with Crippen molar-refractivity contribution in [1.29, 1.82) is 0 Å². The molecule has 37 heavy (non-hydrogen) atoms. The van der Waals surface area contributed by atoms with Gasteiger partial charge in [-0.05, 0) is 38.1 Å². The molecule has 0 aliphatic rings. The fourth-order valence-corrected chi connectivity index (χ4v) is 5.42. The van der Waals surface area contributed by atoms with E-state index in [1.165, 1.54) is 27.5 Å². The lowest BCUT2D eigenvalue weighted by Gasteiger charge is -2.22. The van der Waals surface area contributed by atoms with Crippen LogP contribution in [0.25, 0.3) is 17.1 Å². The smallest absolute Gasteiger partial charge is 0.170 e. The van der Waals surface area contributed by atoms with Crippen molar-refractivity contribution in [1.82, 2.24) is 29.7 Å². The summed E-state index contributed by atoms with van der Waals surface area (Å²) in [7, 11) is 0.660. The third-order valence-corrected chi connectivity index (χ3v) is 7.99. The molecule has 0 fully saturated rings. The number of ether oxygens (including phenoxy) is 3. The van der Waals surface area contributed by atoms with E-state index in [-0.39, 0.29) is 5.82 Å². The van der Waals surface area contributed by atoms with E-state index in [1.54, 1.807) is 61.3 Å². The van der Waals surface area contributed by atoms with E-state index in [0.717, 1.165) is 5.69 Å². The fourth-order valence-electron chi connectivity index (χ4n) is 3.98. The number of aryl methyl sites for hydroxylation is 1. The Morgan fingerprint density at radius 2 is 1.68 bits per heavy atom. The molecule has 0 radical (unpaired) electrons. The number of benzene rings is 1. The molecule has 0 bridgehead atoms. The first-order valence-electron chi connectivity index (χ1n) is 11.4. The Bertz CT molecular complexity index is 1440. The first kappa shape index (κ1) is 26.2. The Morgan fingerprint density at radius 3 is 2.24 bits per heavy atom. The zero-order valence-corrected chi connectivity index (χ0v) is 22.0. The highest BCUT2D eigenvalue weighted by Crippen LogP contribution is 2.37. The van der Waals surface area contributed by atoms with E-state index in [1.807, 2.05) is 6.07 Å².